The summed E-state index contributed by atoms with van der Waals surface area (Å²) in [5.74, 6) is 0.665. The van der Waals surface area contributed by atoms with Crippen molar-refractivity contribution in [3.8, 4) is 11.3 Å². The van der Waals surface area contributed by atoms with Crippen LogP contribution in [0.1, 0.15) is 11.4 Å². The Hall–Kier alpha value is -1.29. The van der Waals surface area contributed by atoms with Gasteiger partial charge < -0.3 is 4.52 Å². The zero-order valence-electron chi connectivity index (χ0n) is 8.21. The summed E-state index contributed by atoms with van der Waals surface area (Å²) in [7, 11) is 1.84. The quantitative estimate of drug-likeness (QED) is 0.727. The zero-order valence-corrected chi connectivity index (χ0v) is 8.96. The molecule has 4 nitrogen and oxygen atoms in total. The monoisotopic (exact) mass is 211 g/mol. The number of rotatable bonds is 1. The summed E-state index contributed by atoms with van der Waals surface area (Å²) in [6.45, 7) is 3.80. The molecule has 0 aromatic carbocycles. The maximum Gasteiger partial charge on any atom is 0.172 e. The third-order valence-electron chi connectivity index (χ3n) is 2.17. The SMILES string of the molecule is Cc1cc(-c2c(Cl)nn(C)c2C)on1. The molecule has 2 aromatic heterocycles. The molecular formula is C9H10ClN3O. The molecule has 0 fully saturated rings. The van der Waals surface area contributed by atoms with E-state index in [1.807, 2.05) is 27.0 Å². The van der Waals surface area contributed by atoms with Crippen LogP contribution in [0.4, 0.5) is 0 Å². The standard InChI is InChI=1S/C9H10ClN3O/c1-5-4-7(14-12-5)8-6(2)13(3)11-9(8)10/h4H,1-3H3. The maximum absolute atomic E-state index is 5.97. The van der Waals surface area contributed by atoms with Crippen molar-refractivity contribution < 1.29 is 4.52 Å². The second kappa shape index (κ2) is 3.13. The molecule has 2 rings (SSSR count). The molecule has 0 radical (unpaired) electrons. The molecule has 14 heavy (non-hydrogen) atoms. The van der Waals surface area contributed by atoms with Crippen LogP contribution in [-0.2, 0) is 7.05 Å². The van der Waals surface area contributed by atoms with Gasteiger partial charge in [-0.15, -0.1) is 0 Å². The fraction of sp³-hybridized carbons (Fsp3) is 0.333. The zero-order chi connectivity index (χ0) is 10.3. The van der Waals surface area contributed by atoms with E-state index < -0.39 is 0 Å². The average molecular weight is 212 g/mol. The normalized spacial score (nSPS) is 10.9. The summed E-state index contributed by atoms with van der Waals surface area (Å²) in [5.41, 5.74) is 2.61. The molecule has 0 aliphatic rings. The second-order valence-corrected chi connectivity index (χ2v) is 3.57. The van der Waals surface area contributed by atoms with Crippen LogP contribution in [0.15, 0.2) is 10.6 Å². The van der Waals surface area contributed by atoms with Crippen molar-refractivity contribution >= 4 is 11.6 Å². The van der Waals surface area contributed by atoms with E-state index in [2.05, 4.69) is 10.3 Å². The number of hydrogen-bond acceptors (Lipinski definition) is 3. The van der Waals surface area contributed by atoms with Crippen LogP contribution in [0.5, 0.6) is 0 Å². The molecule has 5 heteroatoms. The predicted octanol–water partition coefficient (Wildman–Crippen LogP) is 2.35. The first-order chi connectivity index (χ1) is 6.59. The van der Waals surface area contributed by atoms with E-state index in [0.717, 1.165) is 17.0 Å². The Morgan fingerprint density at radius 3 is 2.57 bits per heavy atom. The highest BCUT2D eigenvalue weighted by molar-refractivity contribution is 6.32. The van der Waals surface area contributed by atoms with Crippen molar-refractivity contribution in [1.29, 1.82) is 0 Å². The van der Waals surface area contributed by atoms with Crippen LogP contribution in [0, 0.1) is 13.8 Å². The lowest BCUT2D eigenvalue weighted by molar-refractivity contribution is 0.427. The molecule has 0 atom stereocenters. The number of aromatic nitrogens is 3. The van der Waals surface area contributed by atoms with Crippen LogP contribution in [0.3, 0.4) is 0 Å². The topological polar surface area (TPSA) is 43.9 Å². The van der Waals surface area contributed by atoms with Gasteiger partial charge in [-0.05, 0) is 13.8 Å². The first-order valence-corrected chi connectivity index (χ1v) is 4.60. The Kier molecular flexibility index (Phi) is 2.07. The fourth-order valence-corrected chi connectivity index (χ4v) is 1.67. The summed E-state index contributed by atoms with van der Waals surface area (Å²) >= 11 is 5.97. The predicted molar refractivity (Wildman–Crippen MR) is 53.2 cm³/mol. The smallest absolute Gasteiger partial charge is 0.172 e. The number of nitrogens with zero attached hydrogens (tertiary/aromatic N) is 3. The molecule has 0 amide bonds. The largest absolute Gasteiger partial charge is 0.356 e. The summed E-state index contributed by atoms with van der Waals surface area (Å²) in [6, 6.07) is 1.84. The number of halogens is 1. The summed E-state index contributed by atoms with van der Waals surface area (Å²) in [4.78, 5) is 0. The van der Waals surface area contributed by atoms with Gasteiger partial charge >= 0.3 is 0 Å². The molecule has 0 N–H and O–H groups in total. The summed E-state index contributed by atoms with van der Waals surface area (Å²) in [6.07, 6.45) is 0. The van der Waals surface area contributed by atoms with Gasteiger partial charge in [0.15, 0.2) is 10.9 Å². The van der Waals surface area contributed by atoms with Crippen LogP contribution in [0.2, 0.25) is 5.15 Å². The fourth-order valence-electron chi connectivity index (χ4n) is 1.33. The molecule has 0 aliphatic carbocycles. The molecule has 0 unspecified atom stereocenters. The third-order valence-corrected chi connectivity index (χ3v) is 2.43. The highest BCUT2D eigenvalue weighted by atomic mass is 35.5. The van der Waals surface area contributed by atoms with Gasteiger partial charge in [-0.2, -0.15) is 5.10 Å². The van der Waals surface area contributed by atoms with Crippen LogP contribution in [-0.4, -0.2) is 14.9 Å². The summed E-state index contributed by atoms with van der Waals surface area (Å²) < 4.78 is 6.86. The summed E-state index contributed by atoms with van der Waals surface area (Å²) in [5, 5.41) is 8.35. The lowest BCUT2D eigenvalue weighted by Gasteiger charge is -1.94. The van der Waals surface area contributed by atoms with E-state index in [9.17, 15) is 0 Å². The van der Waals surface area contributed by atoms with Gasteiger partial charge in [0.05, 0.1) is 11.3 Å². The van der Waals surface area contributed by atoms with E-state index in [1.54, 1.807) is 4.68 Å². The Labute approximate surface area is 86.5 Å². The van der Waals surface area contributed by atoms with Crippen LogP contribution < -0.4 is 0 Å². The molecule has 0 saturated heterocycles. The molecule has 2 heterocycles. The first kappa shape index (κ1) is 9.27. The van der Waals surface area contributed by atoms with Gasteiger partial charge in [0.1, 0.15) is 0 Å². The van der Waals surface area contributed by atoms with Crippen molar-refractivity contribution in [3.63, 3.8) is 0 Å². The molecule has 0 aliphatic heterocycles. The minimum atomic E-state index is 0.446. The van der Waals surface area contributed by atoms with E-state index in [-0.39, 0.29) is 0 Å². The average Bonchev–Trinajstić information content (AvgIpc) is 2.60. The third kappa shape index (κ3) is 1.32. The van der Waals surface area contributed by atoms with Crippen molar-refractivity contribution in [2.24, 2.45) is 7.05 Å². The first-order valence-electron chi connectivity index (χ1n) is 4.22. The van der Waals surface area contributed by atoms with Crippen molar-refractivity contribution in [2.75, 3.05) is 0 Å². The van der Waals surface area contributed by atoms with Gasteiger partial charge in [0.25, 0.3) is 0 Å². The second-order valence-electron chi connectivity index (χ2n) is 3.21. The number of hydrogen-bond donors (Lipinski definition) is 0. The molecule has 2 aromatic rings. The minimum Gasteiger partial charge on any atom is -0.356 e. The van der Waals surface area contributed by atoms with Gasteiger partial charge in [-0.1, -0.05) is 16.8 Å². The lowest BCUT2D eigenvalue weighted by atomic mass is 10.2. The molecular weight excluding hydrogens is 202 g/mol. The van der Waals surface area contributed by atoms with Crippen LogP contribution in [0.25, 0.3) is 11.3 Å². The van der Waals surface area contributed by atoms with Crippen molar-refractivity contribution in [3.05, 3.63) is 22.6 Å². The Morgan fingerprint density at radius 1 is 1.43 bits per heavy atom. The van der Waals surface area contributed by atoms with Crippen molar-refractivity contribution in [2.45, 2.75) is 13.8 Å². The molecule has 0 saturated carbocycles. The van der Waals surface area contributed by atoms with Crippen molar-refractivity contribution in [1.82, 2.24) is 14.9 Å². The van der Waals surface area contributed by atoms with E-state index in [0.29, 0.717) is 10.9 Å². The molecule has 0 spiro atoms. The Morgan fingerprint density at radius 2 is 2.14 bits per heavy atom. The van der Waals surface area contributed by atoms with Gasteiger partial charge in [0.2, 0.25) is 0 Å². The van der Waals surface area contributed by atoms with Gasteiger partial charge in [-0.25, -0.2) is 0 Å². The van der Waals surface area contributed by atoms with E-state index >= 15 is 0 Å². The Bertz CT molecular complexity index is 472. The maximum atomic E-state index is 5.97. The highest BCUT2D eigenvalue weighted by Gasteiger charge is 2.16. The van der Waals surface area contributed by atoms with Crippen LogP contribution >= 0.6 is 11.6 Å². The Balaban J connectivity index is 2.61. The van der Waals surface area contributed by atoms with E-state index in [4.69, 9.17) is 16.1 Å². The number of aryl methyl sites for hydroxylation is 2. The molecule has 0 bridgehead atoms. The van der Waals surface area contributed by atoms with Gasteiger partial charge in [-0.3, -0.25) is 4.68 Å². The van der Waals surface area contributed by atoms with Gasteiger partial charge in [0, 0.05) is 18.8 Å². The highest BCUT2D eigenvalue weighted by Crippen LogP contribution is 2.30. The lowest BCUT2D eigenvalue weighted by Crippen LogP contribution is -1.92. The molecule has 74 valence electrons. The van der Waals surface area contributed by atoms with E-state index in [1.165, 1.54) is 0 Å². The minimum absolute atomic E-state index is 0.446.